The first kappa shape index (κ1) is 15.8. The predicted molar refractivity (Wildman–Crippen MR) is 85.4 cm³/mol. The first-order chi connectivity index (χ1) is 10.5. The van der Waals surface area contributed by atoms with E-state index in [9.17, 15) is 9.18 Å². The number of nitrogen functional groups attached to an aromatic ring is 1. The van der Waals surface area contributed by atoms with Crippen molar-refractivity contribution in [2.24, 2.45) is 0 Å². The van der Waals surface area contributed by atoms with Crippen LogP contribution in [0.2, 0.25) is 0 Å². The van der Waals surface area contributed by atoms with Gasteiger partial charge in [-0.25, -0.2) is 4.39 Å². The Morgan fingerprint density at radius 2 is 1.95 bits per heavy atom. The molecule has 116 valence electrons. The van der Waals surface area contributed by atoms with Crippen LogP contribution in [0.25, 0.3) is 0 Å². The third-order valence-corrected chi connectivity index (χ3v) is 3.26. The Balaban J connectivity index is 2.00. The van der Waals surface area contributed by atoms with Crippen LogP contribution in [0.15, 0.2) is 42.5 Å². The number of hydrogen-bond donors (Lipinski definition) is 2. The summed E-state index contributed by atoms with van der Waals surface area (Å²) in [6, 6.07) is 11.5. The lowest BCUT2D eigenvalue weighted by atomic mass is 10.2. The van der Waals surface area contributed by atoms with Gasteiger partial charge < -0.3 is 15.8 Å². The Kier molecular flexibility index (Phi) is 4.99. The molecule has 0 aliphatic heterocycles. The summed E-state index contributed by atoms with van der Waals surface area (Å²) in [6.07, 6.45) is 0.179. The summed E-state index contributed by atoms with van der Waals surface area (Å²) in [5.74, 6) is -0.390. The van der Waals surface area contributed by atoms with Gasteiger partial charge in [0.1, 0.15) is 11.6 Å². The number of anilines is 2. The van der Waals surface area contributed by atoms with Crippen molar-refractivity contribution < 1.29 is 13.9 Å². The van der Waals surface area contributed by atoms with Crippen molar-refractivity contribution in [1.29, 1.82) is 0 Å². The van der Waals surface area contributed by atoms with Gasteiger partial charge in [-0.2, -0.15) is 0 Å². The minimum absolute atomic E-state index is 0.0433. The summed E-state index contributed by atoms with van der Waals surface area (Å²) in [6.45, 7) is 3.67. The molecular formula is C17H19FN2O2. The first-order valence-corrected chi connectivity index (χ1v) is 7.11. The summed E-state index contributed by atoms with van der Waals surface area (Å²) < 4.78 is 19.1. The van der Waals surface area contributed by atoms with Crippen LogP contribution in [0.1, 0.15) is 19.4 Å². The van der Waals surface area contributed by atoms with Crippen LogP contribution in [0.4, 0.5) is 15.8 Å². The van der Waals surface area contributed by atoms with E-state index >= 15 is 0 Å². The number of benzene rings is 2. The molecule has 2 aromatic rings. The molecule has 0 saturated carbocycles. The second kappa shape index (κ2) is 6.93. The molecule has 0 aliphatic rings. The van der Waals surface area contributed by atoms with Gasteiger partial charge in [-0.05, 0) is 49.2 Å². The largest absolute Gasteiger partial charge is 0.481 e. The van der Waals surface area contributed by atoms with Gasteiger partial charge in [-0.1, -0.05) is 19.1 Å². The molecule has 1 amide bonds. The van der Waals surface area contributed by atoms with E-state index in [1.54, 1.807) is 6.92 Å². The Bertz CT molecular complexity index is 656. The molecule has 0 bridgehead atoms. The van der Waals surface area contributed by atoms with E-state index in [2.05, 4.69) is 12.2 Å². The van der Waals surface area contributed by atoms with Gasteiger partial charge in [0.2, 0.25) is 0 Å². The Hall–Kier alpha value is -2.56. The molecule has 1 atom stereocenters. The fourth-order valence-corrected chi connectivity index (χ4v) is 1.93. The highest BCUT2D eigenvalue weighted by Crippen LogP contribution is 2.19. The summed E-state index contributed by atoms with van der Waals surface area (Å²) >= 11 is 0. The predicted octanol–water partition coefficient (Wildman–Crippen LogP) is 3.38. The summed E-state index contributed by atoms with van der Waals surface area (Å²) in [7, 11) is 0. The molecule has 0 heterocycles. The summed E-state index contributed by atoms with van der Waals surface area (Å²) in [5, 5.41) is 2.47. The van der Waals surface area contributed by atoms with Crippen LogP contribution in [-0.4, -0.2) is 12.0 Å². The topological polar surface area (TPSA) is 64.3 Å². The summed E-state index contributed by atoms with van der Waals surface area (Å²) in [5.41, 5.74) is 7.19. The van der Waals surface area contributed by atoms with E-state index in [1.165, 1.54) is 23.8 Å². The number of ether oxygens (including phenoxy) is 1. The van der Waals surface area contributed by atoms with E-state index in [4.69, 9.17) is 10.5 Å². The van der Waals surface area contributed by atoms with Crippen LogP contribution < -0.4 is 15.8 Å². The Morgan fingerprint density at radius 3 is 2.59 bits per heavy atom. The number of carbonyl (C=O) groups is 1. The van der Waals surface area contributed by atoms with Gasteiger partial charge in [-0.3, -0.25) is 4.79 Å². The third kappa shape index (κ3) is 3.97. The maximum Gasteiger partial charge on any atom is 0.265 e. The van der Waals surface area contributed by atoms with E-state index in [0.29, 0.717) is 11.4 Å². The van der Waals surface area contributed by atoms with Crippen LogP contribution >= 0.6 is 0 Å². The Morgan fingerprint density at radius 1 is 1.27 bits per heavy atom. The third-order valence-electron chi connectivity index (χ3n) is 3.26. The fourth-order valence-electron chi connectivity index (χ4n) is 1.93. The maximum absolute atomic E-state index is 13.6. The van der Waals surface area contributed by atoms with Crippen LogP contribution in [0.5, 0.6) is 5.75 Å². The van der Waals surface area contributed by atoms with Crippen molar-refractivity contribution in [2.75, 3.05) is 11.1 Å². The minimum Gasteiger partial charge on any atom is -0.481 e. The van der Waals surface area contributed by atoms with E-state index in [0.717, 1.165) is 6.42 Å². The lowest BCUT2D eigenvalue weighted by Crippen LogP contribution is -2.30. The van der Waals surface area contributed by atoms with Gasteiger partial charge in [-0.15, -0.1) is 0 Å². The molecule has 0 radical (unpaired) electrons. The molecule has 0 saturated heterocycles. The molecule has 3 N–H and O–H groups in total. The van der Waals surface area contributed by atoms with Gasteiger partial charge in [0.05, 0.1) is 5.69 Å². The van der Waals surface area contributed by atoms with Crippen molar-refractivity contribution in [2.45, 2.75) is 26.4 Å². The van der Waals surface area contributed by atoms with E-state index in [1.807, 2.05) is 24.3 Å². The van der Waals surface area contributed by atoms with Crippen LogP contribution in [-0.2, 0) is 11.2 Å². The van der Waals surface area contributed by atoms with Crippen molar-refractivity contribution in [3.63, 3.8) is 0 Å². The maximum atomic E-state index is 13.6. The molecule has 0 fully saturated rings. The summed E-state index contributed by atoms with van der Waals surface area (Å²) in [4.78, 5) is 12.1. The standard InChI is InChI=1S/C17H19FN2O2/c1-3-12-4-7-14(8-5-12)22-11(2)17(21)20-16-10-13(19)6-9-15(16)18/h4-11H,3,19H2,1-2H3,(H,20,21)/t11-/m1/s1. The lowest BCUT2D eigenvalue weighted by molar-refractivity contribution is -0.122. The minimum atomic E-state index is -0.756. The quantitative estimate of drug-likeness (QED) is 0.832. The molecule has 22 heavy (non-hydrogen) atoms. The van der Waals surface area contributed by atoms with Gasteiger partial charge >= 0.3 is 0 Å². The number of aryl methyl sites for hydroxylation is 1. The van der Waals surface area contributed by atoms with Gasteiger partial charge in [0.15, 0.2) is 6.10 Å². The number of nitrogens with two attached hydrogens (primary N) is 1. The van der Waals surface area contributed by atoms with Crippen molar-refractivity contribution >= 4 is 17.3 Å². The smallest absolute Gasteiger partial charge is 0.265 e. The van der Waals surface area contributed by atoms with Crippen molar-refractivity contribution in [3.05, 3.63) is 53.8 Å². The molecule has 0 unspecified atom stereocenters. The molecule has 0 aliphatic carbocycles. The number of hydrogen-bond acceptors (Lipinski definition) is 3. The van der Waals surface area contributed by atoms with E-state index < -0.39 is 17.8 Å². The molecule has 0 aromatic heterocycles. The average molecular weight is 302 g/mol. The lowest BCUT2D eigenvalue weighted by Gasteiger charge is -2.15. The molecule has 0 spiro atoms. The number of carbonyl (C=O) groups excluding carboxylic acids is 1. The zero-order valence-electron chi connectivity index (χ0n) is 12.6. The number of rotatable bonds is 5. The van der Waals surface area contributed by atoms with E-state index in [-0.39, 0.29) is 5.69 Å². The molecule has 5 heteroatoms. The second-order valence-electron chi connectivity index (χ2n) is 4.99. The molecular weight excluding hydrogens is 283 g/mol. The normalized spacial score (nSPS) is 11.8. The molecule has 2 aromatic carbocycles. The fraction of sp³-hybridized carbons (Fsp3) is 0.235. The van der Waals surface area contributed by atoms with Crippen LogP contribution in [0.3, 0.4) is 0 Å². The SMILES string of the molecule is CCc1ccc(O[C@H](C)C(=O)Nc2cc(N)ccc2F)cc1. The monoisotopic (exact) mass is 302 g/mol. The highest BCUT2D eigenvalue weighted by molar-refractivity contribution is 5.94. The number of amides is 1. The number of nitrogens with one attached hydrogen (secondary N) is 1. The van der Waals surface area contributed by atoms with Crippen molar-refractivity contribution in [1.82, 2.24) is 0 Å². The van der Waals surface area contributed by atoms with Gasteiger partial charge in [0.25, 0.3) is 5.91 Å². The molecule has 2 rings (SSSR count). The highest BCUT2D eigenvalue weighted by Gasteiger charge is 2.16. The first-order valence-electron chi connectivity index (χ1n) is 7.11. The highest BCUT2D eigenvalue weighted by atomic mass is 19.1. The second-order valence-corrected chi connectivity index (χ2v) is 4.99. The average Bonchev–Trinajstić information content (AvgIpc) is 2.51. The van der Waals surface area contributed by atoms with Gasteiger partial charge in [0, 0.05) is 5.69 Å². The molecule has 4 nitrogen and oxygen atoms in total. The van der Waals surface area contributed by atoms with Crippen LogP contribution in [0, 0.1) is 5.82 Å². The Labute approximate surface area is 129 Å². The van der Waals surface area contributed by atoms with Crippen molar-refractivity contribution in [3.8, 4) is 5.75 Å². The number of halogens is 1. The zero-order valence-corrected chi connectivity index (χ0v) is 12.6. The zero-order chi connectivity index (χ0) is 16.1.